The van der Waals surface area contributed by atoms with Crippen molar-refractivity contribution in [3.8, 4) is 17.7 Å². The van der Waals surface area contributed by atoms with Gasteiger partial charge in [0.2, 0.25) is 5.88 Å². The number of pyridine rings is 1. The van der Waals surface area contributed by atoms with Crippen molar-refractivity contribution < 1.29 is 4.74 Å². The van der Waals surface area contributed by atoms with Gasteiger partial charge in [0, 0.05) is 15.0 Å². The largest absolute Gasteiger partial charge is 0.439 e. The number of hydrogen-bond acceptors (Lipinski definition) is 3. The smallest absolute Gasteiger partial charge is 0.221 e. The van der Waals surface area contributed by atoms with Crippen molar-refractivity contribution in [2.75, 3.05) is 0 Å². The summed E-state index contributed by atoms with van der Waals surface area (Å²) in [4.78, 5) is 4.43. The maximum absolute atomic E-state index is 9.23. The van der Waals surface area contributed by atoms with E-state index in [1.54, 1.807) is 6.07 Å². The van der Waals surface area contributed by atoms with Crippen LogP contribution in [0.3, 0.4) is 0 Å². The van der Waals surface area contributed by atoms with Crippen LogP contribution in [-0.2, 0) is 0 Å². The molecule has 0 spiro atoms. The molecular formula is C16H9IN2O. The van der Waals surface area contributed by atoms with Crippen molar-refractivity contribution >= 4 is 33.5 Å². The van der Waals surface area contributed by atoms with Crippen molar-refractivity contribution in [1.82, 2.24) is 4.98 Å². The van der Waals surface area contributed by atoms with Crippen LogP contribution in [0.5, 0.6) is 11.6 Å². The highest BCUT2D eigenvalue weighted by molar-refractivity contribution is 14.1. The topological polar surface area (TPSA) is 45.9 Å². The molecule has 0 aliphatic heterocycles. The number of halogens is 1. The maximum Gasteiger partial charge on any atom is 0.221 e. The molecule has 1 aromatic heterocycles. The van der Waals surface area contributed by atoms with Crippen molar-refractivity contribution in [3.63, 3.8) is 0 Å². The molecule has 20 heavy (non-hydrogen) atoms. The fourth-order valence-electron chi connectivity index (χ4n) is 1.92. The molecule has 0 unspecified atom stereocenters. The average molecular weight is 372 g/mol. The number of nitrogens with zero attached hydrogens (tertiary/aromatic N) is 2. The molecule has 0 aliphatic rings. The van der Waals surface area contributed by atoms with Gasteiger partial charge >= 0.3 is 0 Å². The van der Waals surface area contributed by atoms with E-state index in [0.29, 0.717) is 17.2 Å². The van der Waals surface area contributed by atoms with Gasteiger partial charge in [-0.2, -0.15) is 5.26 Å². The Kier molecular flexibility index (Phi) is 3.52. The summed E-state index contributed by atoms with van der Waals surface area (Å²) in [7, 11) is 0. The molecule has 2 aromatic carbocycles. The third kappa shape index (κ3) is 2.58. The Balaban J connectivity index is 2.04. The number of rotatable bonds is 2. The number of fused-ring (bicyclic) bond motifs is 1. The van der Waals surface area contributed by atoms with Crippen LogP contribution in [-0.4, -0.2) is 4.98 Å². The summed E-state index contributed by atoms with van der Waals surface area (Å²) in [5.41, 5.74) is 1.32. The second-order valence-electron chi connectivity index (χ2n) is 4.19. The zero-order valence-corrected chi connectivity index (χ0v) is 12.5. The Hall–Kier alpha value is -2.13. The minimum absolute atomic E-state index is 0.432. The summed E-state index contributed by atoms with van der Waals surface area (Å²) in [6.45, 7) is 0. The van der Waals surface area contributed by atoms with E-state index < -0.39 is 0 Å². The lowest BCUT2D eigenvalue weighted by Crippen LogP contribution is -1.91. The second-order valence-corrected chi connectivity index (χ2v) is 5.44. The summed E-state index contributed by atoms with van der Waals surface area (Å²) in [5, 5.41) is 10.1. The van der Waals surface area contributed by atoms with Crippen molar-refractivity contribution in [3.05, 3.63) is 63.7 Å². The van der Waals surface area contributed by atoms with E-state index in [0.717, 1.165) is 14.5 Å². The first-order chi connectivity index (χ1) is 9.76. The van der Waals surface area contributed by atoms with Crippen molar-refractivity contribution in [2.24, 2.45) is 0 Å². The van der Waals surface area contributed by atoms with Gasteiger partial charge in [-0.3, -0.25) is 0 Å². The van der Waals surface area contributed by atoms with Gasteiger partial charge in [0.05, 0.1) is 11.1 Å². The molecule has 0 fully saturated rings. The molecule has 0 N–H and O–H groups in total. The van der Waals surface area contributed by atoms with Gasteiger partial charge in [-0.15, -0.1) is 0 Å². The molecule has 3 nitrogen and oxygen atoms in total. The number of para-hydroxylation sites is 1. The average Bonchev–Trinajstić information content (AvgIpc) is 2.49. The molecule has 0 aliphatic carbocycles. The van der Waals surface area contributed by atoms with Crippen LogP contribution in [0.25, 0.3) is 10.9 Å². The SMILES string of the molecule is N#Cc1cc(Oc2ccc(I)cc2)nc2ccccc12. The van der Waals surface area contributed by atoms with Gasteiger partial charge in [0.25, 0.3) is 0 Å². The third-order valence-corrected chi connectivity index (χ3v) is 3.57. The van der Waals surface area contributed by atoms with E-state index >= 15 is 0 Å². The van der Waals surface area contributed by atoms with Crippen LogP contribution >= 0.6 is 22.6 Å². The molecule has 4 heteroatoms. The molecule has 0 radical (unpaired) electrons. The van der Waals surface area contributed by atoms with Gasteiger partial charge in [0.1, 0.15) is 11.8 Å². The molecule has 96 valence electrons. The third-order valence-electron chi connectivity index (χ3n) is 2.85. The fourth-order valence-corrected chi connectivity index (χ4v) is 2.28. The lowest BCUT2D eigenvalue weighted by molar-refractivity contribution is 0.465. The van der Waals surface area contributed by atoms with Gasteiger partial charge in [-0.25, -0.2) is 4.98 Å². The fraction of sp³-hybridized carbons (Fsp3) is 0. The summed E-state index contributed by atoms with van der Waals surface area (Å²) in [5.74, 6) is 1.14. The minimum Gasteiger partial charge on any atom is -0.439 e. The zero-order valence-electron chi connectivity index (χ0n) is 10.4. The number of benzene rings is 2. The Morgan fingerprint density at radius 3 is 2.55 bits per heavy atom. The van der Waals surface area contributed by atoms with Gasteiger partial charge in [-0.05, 0) is 52.9 Å². The normalized spacial score (nSPS) is 10.2. The highest BCUT2D eigenvalue weighted by Gasteiger charge is 2.06. The molecule has 0 amide bonds. The van der Waals surface area contributed by atoms with Crippen LogP contribution in [0.1, 0.15) is 5.56 Å². The second kappa shape index (κ2) is 5.47. The molecule has 0 saturated heterocycles. The van der Waals surface area contributed by atoms with Crippen LogP contribution in [0.15, 0.2) is 54.6 Å². The molecular weight excluding hydrogens is 363 g/mol. The predicted molar refractivity (Wildman–Crippen MR) is 85.7 cm³/mol. The number of hydrogen-bond donors (Lipinski definition) is 0. The Morgan fingerprint density at radius 2 is 1.80 bits per heavy atom. The summed E-state index contributed by atoms with van der Waals surface area (Å²) >= 11 is 2.24. The van der Waals surface area contributed by atoms with Crippen LogP contribution in [0.4, 0.5) is 0 Å². The van der Waals surface area contributed by atoms with Crippen LogP contribution in [0.2, 0.25) is 0 Å². The van der Waals surface area contributed by atoms with E-state index in [1.165, 1.54) is 0 Å². The Labute approximate surface area is 130 Å². The summed E-state index contributed by atoms with van der Waals surface area (Å²) in [6, 6.07) is 19.1. The summed E-state index contributed by atoms with van der Waals surface area (Å²) in [6.07, 6.45) is 0. The lowest BCUT2D eigenvalue weighted by Gasteiger charge is -2.07. The lowest BCUT2D eigenvalue weighted by atomic mass is 10.1. The number of aromatic nitrogens is 1. The van der Waals surface area contributed by atoms with E-state index in [1.807, 2.05) is 48.5 Å². The predicted octanol–water partition coefficient (Wildman–Crippen LogP) is 4.50. The first-order valence-corrected chi connectivity index (χ1v) is 7.07. The molecule has 0 bridgehead atoms. The molecule has 1 heterocycles. The first kappa shape index (κ1) is 12.9. The number of nitriles is 1. The van der Waals surface area contributed by atoms with Crippen molar-refractivity contribution in [1.29, 1.82) is 5.26 Å². The molecule has 3 rings (SSSR count). The summed E-state index contributed by atoms with van der Waals surface area (Å²) < 4.78 is 6.86. The number of ether oxygens (including phenoxy) is 1. The minimum atomic E-state index is 0.432. The standard InChI is InChI=1S/C16H9IN2O/c17-12-5-7-13(8-6-12)20-16-9-11(10-18)14-3-1-2-4-15(14)19-16/h1-9H. The molecule has 0 saturated carbocycles. The quantitative estimate of drug-likeness (QED) is 0.622. The van der Waals surface area contributed by atoms with Gasteiger partial charge < -0.3 is 4.74 Å². The highest BCUT2D eigenvalue weighted by atomic mass is 127. The van der Waals surface area contributed by atoms with E-state index in [9.17, 15) is 5.26 Å². The monoisotopic (exact) mass is 372 g/mol. The van der Waals surface area contributed by atoms with Crippen molar-refractivity contribution in [2.45, 2.75) is 0 Å². The van der Waals surface area contributed by atoms with E-state index in [4.69, 9.17) is 4.74 Å². The highest BCUT2D eigenvalue weighted by Crippen LogP contribution is 2.25. The van der Waals surface area contributed by atoms with Gasteiger partial charge in [-0.1, -0.05) is 18.2 Å². The maximum atomic E-state index is 9.23. The van der Waals surface area contributed by atoms with E-state index in [2.05, 4.69) is 33.6 Å². The Bertz CT molecular complexity index is 807. The molecule has 3 aromatic rings. The molecule has 0 atom stereocenters. The van der Waals surface area contributed by atoms with Crippen LogP contribution < -0.4 is 4.74 Å². The van der Waals surface area contributed by atoms with Crippen LogP contribution in [0, 0.1) is 14.9 Å². The Morgan fingerprint density at radius 1 is 1.05 bits per heavy atom. The van der Waals surface area contributed by atoms with E-state index in [-0.39, 0.29) is 0 Å². The zero-order chi connectivity index (χ0) is 13.9. The van der Waals surface area contributed by atoms with Gasteiger partial charge in [0.15, 0.2) is 0 Å². The first-order valence-electron chi connectivity index (χ1n) is 5.99.